The molecule has 0 fully saturated rings. The highest BCUT2D eigenvalue weighted by Crippen LogP contribution is 2.28. The van der Waals surface area contributed by atoms with Gasteiger partial charge in [0.15, 0.2) is 5.16 Å². The van der Waals surface area contributed by atoms with Crippen LogP contribution in [0.5, 0.6) is 0 Å². The summed E-state index contributed by atoms with van der Waals surface area (Å²) in [5.41, 5.74) is 3.27. The number of thioether (sulfide) groups is 1. The number of benzene rings is 2. The molecule has 3 aromatic rings. The molecule has 114 valence electrons. The molecule has 0 bridgehead atoms. The Morgan fingerprint density at radius 3 is 2.52 bits per heavy atom. The number of hydrogen-bond donors (Lipinski definition) is 0. The van der Waals surface area contributed by atoms with E-state index in [1.54, 1.807) is 0 Å². The minimum atomic E-state index is 0.381. The van der Waals surface area contributed by atoms with Gasteiger partial charge in [-0.1, -0.05) is 65.8 Å². The van der Waals surface area contributed by atoms with Gasteiger partial charge in [0.05, 0.1) is 30.3 Å². The zero-order valence-corrected chi connectivity index (χ0v) is 13.9. The van der Waals surface area contributed by atoms with Crippen molar-refractivity contribution in [2.24, 2.45) is 0 Å². The molecule has 0 aliphatic heterocycles. The van der Waals surface area contributed by atoms with Crippen molar-refractivity contribution in [3.8, 4) is 17.3 Å². The van der Waals surface area contributed by atoms with Crippen LogP contribution < -0.4 is 0 Å². The molecule has 2 aromatic carbocycles. The van der Waals surface area contributed by atoms with E-state index in [1.807, 2.05) is 48.7 Å². The summed E-state index contributed by atoms with van der Waals surface area (Å²) in [6, 6.07) is 20.1. The topological polar surface area (TPSA) is 41.6 Å². The molecule has 0 aliphatic carbocycles. The van der Waals surface area contributed by atoms with Gasteiger partial charge in [-0.25, -0.2) is 4.98 Å². The highest BCUT2D eigenvalue weighted by molar-refractivity contribution is 7.99. The van der Waals surface area contributed by atoms with Crippen LogP contribution in [-0.4, -0.2) is 15.3 Å². The zero-order valence-electron chi connectivity index (χ0n) is 12.3. The molecule has 0 atom stereocenters. The van der Waals surface area contributed by atoms with Gasteiger partial charge in [0, 0.05) is 5.02 Å². The van der Waals surface area contributed by atoms with E-state index >= 15 is 0 Å². The van der Waals surface area contributed by atoms with E-state index in [-0.39, 0.29) is 0 Å². The standard InChI is InChI=1S/C18H14ClN3S/c19-16-8-6-15(7-9-16)17-12-21-18(23-11-10-20)22(17)13-14-4-2-1-3-5-14/h1-9,12H,11,13H2. The fourth-order valence-corrected chi connectivity index (χ4v) is 3.11. The molecule has 0 unspecified atom stereocenters. The maximum atomic E-state index is 8.84. The Bertz CT molecular complexity index is 820. The van der Waals surface area contributed by atoms with Crippen LogP contribution in [0.25, 0.3) is 11.3 Å². The number of nitrogens with zero attached hydrogens (tertiary/aromatic N) is 3. The summed E-state index contributed by atoms with van der Waals surface area (Å²) < 4.78 is 2.14. The Kier molecular flexibility index (Phi) is 5.02. The molecule has 0 N–H and O–H groups in total. The number of imidazole rings is 1. The average molecular weight is 340 g/mol. The van der Waals surface area contributed by atoms with Crippen molar-refractivity contribution in [2.45, 2.75) is 11.7 Å². The number of rotatable bonds is 5. The fourth-order valence-electron chi connectivity index (χ4n) is 2.34. The lowest BCUT2D eigenvalue weighted by Crippen LogP contribution is -2.03. The number of nitriles is 1. The minimum absolute atomic E-state index is 0.381. The highest BCUT2D eigenvalue weighted by Gasteiger charge is 2.12. The van der Waals surface area contributed by atoms with Crippen molar-refractivity contribution >= 4 is 23.4 Å². The van der Waals surface area contributed by atoms with Gasteiger partial charge in [0.25, 0.3) is 0 Å². The van der Waals surface area contributed by atoms with E-state index < -0.39 is 0 Å². The third kappa shape index (κ3) is 3.76. The lowest BCUT2D eigenvalue weighted by Gasteiger charge is -2.11. The molecule has 1 aromatic heterocycles. The Labute approximate surface area is 144 Å². The van der Waals surface area contributed by atoms with Crippen LogP contribution in [0.2, 0.25) is 5.02 Å². The third-order valence-corrected chi connectivity index (χ3v) is 4.52. The molecule has 3 rings (SSSR count). The van der Waals surface area contributed by atoms with E-state index in [4.69, 9.17) is 16.9 Å². The molecule has 5 heteroatoms. The summed E-state index contributed by atoms with van der Waals surface area (Å²) in [6.45, 7) is 0.715. The van der Waals surface area contributed by atoms with Crippen LogP contribution in [0.4, 0.5) is 0 Å². The predicted octanol–water partition coefficient (Wildman–Crippen LogP) is 4.87. The molecule has 0 saturated heterocycles. The van der Waals surface area contributed by atoms with Gasteiger partial charge in [0.2, 0.25) is 0 Å². The van der Waals surface area contributed by atoms with Crippen LogP contribution in [-0.2, 0) is 6.54 Å². The van der Waals surface area contributed by atoms with E-state index in [2.05, 4.69) is 27.8 Å². The van der Waals surface area contributed by atoms with Gasteiger partial charge in [-0.2, -0.15) is 5.26 Å². The second-order valence-corrected chi connectivity index (χ2v) is 6.33. The summed E-state index contributed by atoms with van der Waals surface area (Å²) >= 11 is 7.43. The quantitative estimate of drug-likeness (QED) is 0.623. The van der Waals surface area contributed by atoms with E-state index in [1.165, 1.54) is 17.3 Å². The third-order valence-electron chi connectivity index (χ3n) is 3.41. The molecule has 0 saturated carbocycles. The molecule has 0 spiro atoms. The van der Waals surface area contributed by atoms with Gasteiger partial charge >= 0.3 is 0 Å². The number of aromatic nitrogens is 2. The summed E-state index contributed by atoms with van der Waals surface area (Å²) in [6.07, 6.45) is 1.85. The molecule has 23 heavy (non-hydrogen) atoms. The first-order valence-electron chi connectivity index (χ1n) is 7.13. The Morgan fingerprint density at radius 2 is 1.83 bits per heavy atom. The van der Waals surface area contributed by atoms with Crippen LogP contribution in [0.1, 0.15) is 5.56 Å². The van der Waals surface area contributed by atoms with Crippen molar-refractivity contribution in [3.05, 3.63) is 71.4 Å². The Hall–Kier alpha value is -2.22. The minimum Gasteiger partial charge on any atom is -0.314 e. The lowest BCUT2D eigenvalue weighted by atomic mass is 10.1. The number of hydrogen-bond acceptors (Lipinski definition) is 3. The van der Waals surface area contributed by atoms with Crippen LogP contribution in [0.3, 0.4) is 0 Å². The predicted molar refractivity (Wildman–Crippen MR) is 94.6 cm³/mol. The smallest absolute Gasteiger partial charge is 0.169 e. The SMILES string of the molecule is N#CCSc1ncc(-c2ccc(Cl)cc2)n1Cc1ccccc1. The van der Waals surface area contributed by atoms with E-state index in [9.17, 15) is 0 Å². The highest BCUT2D eigenvalue weighted by atomic mass is 35.5. The van der Waals surface area contributed by atoms with Crippen LogP contribution in [0.15, 0.2) is 66.0 Å². The monoisotopic (exact) mass is 339 g/mol. The summed E-state index contributed by atoms with van der Waals surface area (Å²) in [7, 11) is 0. The zero-order chi connectivity index (χ0) is 16.1. The second-order valence-electron chi connectivity index (χ2n) is 4.95. The first kappa shape index (κ1) is 15.7. The Morgan fingerprint density at radius 1 is 1.09 bits per heavy atom. The lowest BCUT2D eigenvalue weighted by molar-refractivity contribution is 0.716. The Balaban J connectivity index is 2.00. The molecule has 0 amide bonds. The van der Waals surface area contributed by atoms with E-state index in [0.717, 1.165) is 16.4 Å². The first-order valence-corrected chi connectivity index (χ1v) is 8.49. The molecular weight excluding hydrogens is 326 g/mol. The van der Waals surface area contributed by atoms with Gasteiger partial charge in [-0.3, -0.25) is 0 Å². The van der Waals surface area contributed by atoms with Crippen molar-refractivity contribution in [1.82, 2.24) is 9.55 Å². The largest absolute Gasteiger partial charge is 0.314 e. The van der Waals surface area contributed by atoms with Crippen LogP contribution >= 0.6 is 23.4 Å². The van der Waals surface area contributed by atoms with Crippen LogP contribution in [0, 0.1) is 11.3 Å². The van der Waals surface area contributed by atoms with Crippen molar-refractivity contribution in [2.75, 3.05) is 5.75 Å². The summed E-state index contributed by atoms with van der Waals surface area (Å²) in [5, 5.41) is 10.4. The summed E-state index contributed by atoms with van der Waals surface area (Å²) in [4.78, 5) is 4.49. The van der Waals surface area contributed by atoms with Crippen molar-refractivity contribution < 1.29 is 0 Å². The maximum Gasteiger partial charge on any atom is 0.169 e. The molecule has 1 heterocycles. The maximum absolute atomic E-state index is 8.84. The van der Waals surface area contributed by atoms with Crippen molar-refractivity contribution in [3.63, 3.8) is 0 Å². The van der Waals surface area contributed by atoms with Gasteiger partial charge in [-0.05, 0) is 23.3 Å². The molecule has 0 aliphatic rings. The normalized spacial score (nSPS) is 10.4. The molecule has 3 nitrogen and oxygen atoms in total. The van der Waals surface area contributed by atoms with Crippen molar-refractivity contribution in [1.29, 1.82) is 5.26 Å². The van der Waals surface area contributed by atoms with Gasteiger partial charge in [0.1, 0.15) is 0 Å². The first-order chi connectivity index (χ1) is 11.3. The molecular formula is C18H14ClN3S. The second kappa shape index (κ2) is 7.36. The number of halogens is 1. The summed E-state index contributed by atoms with van der Waals surface area (Å²) in [5.74, 6) is 0.381. The average Bonchev–Trinajstić information content (AvgIpc) is 2.97. The van der Waals surface area contributed by atoms with Gasteiger partial charge in [-0.15, -0.1) is 0 Å². The van der Waals surface area contributed by atoms with E-state index in [0.29, 0.717) is 17.3 Å². The molecule has 0 radical (unpaired) electrons. The fraction of sp³-hybridized carbons (Fsp3) is 0.111. The van der Waals surface area contributed by atoms with Gasteiger partial charge < -0.3 is 4.57 Å².